The third kappa shape index (κ3) is 6.71. The fourth-order valence-corrected chi connectivity index (χ4v) is 3.31. The molecule has 3 rings (SSSR count). The fraction of sp³-hybridized carbons (Fsp3) is 0.259. The number of ether oxygens (including phenoxy) is 2. The van der Waals surface area contributed by atoms with Crippen molar-refractivity contribution in [3.05, 3.63) is 89.5 Å². The van der Waals surface area contributed by atoms with Gasteiger partial charge in [-0.3, -0.25) is 4.79 Å². The van der Waals surface area contributed by atoms with Crippen molar-refractivity contribution in [3.8, 4) is 16.9 Å². The quantitative estimate of drug-likeness (QED) is 0.448. The Morgan fingerprint density at radius 3 is 2.28 bits per heavy atom. The Hall–Kier alpha value is -3.60. The van der Waals surface area contributed by atoms with Gasteiger partial charge in [-0.1, -0.05) is 48.5 Å². The Bertz CT molecular complexity index is 1080. The molecule has 3 aromatic rings. The van der Waals surface area contributed by atoms with Crippen LogP contribution in [0.5, 0.6) is 5.75 Å². The third-order valence-corrected chi connectivity index (χ3v) is 4.76. The molecule has 0 aromatic heterocycles. The van der Waals surface area contributed by atoms with E-state index in [0.717, 1.165) is 22.4 Å². The lowest BCUT2D eigenvalue weighted by atomic mass is 9.98. The second-order valence-electron chi connectivity index (χ2n) is 8.57. The van der Waals surface area contributed by atoms with Crippen molar-refractivity contribution >= 4 is 11.9 Å². The van der Waals surface area contributed by atoms with Gasteiger partial charge in [0.25, 0.3) is 0 Å². The second-order valence-corrected chi connectivity index (χ2v) is 8.57. The molecule has 0 bridgehead atoms. The largest absolute Gasteiger partial charge is 0.489 e. The van der Waals surface area contributed by atoms with Crippen molar-refractivity contribution in [1.29, 1.82) is 0 Å². The lowest BCUT2D eigenvalue weighted by Gasteiger charge is -2.19. The van der Waals surface area contributed by atoms with Gasteiger partial charge < -0.3 is 14.6 Å². The van der Waals surface area contributed by atoms with Gasteiger partial charge in [-0.15, -0.1) is 0 Å². The summed E-state index contributed by atoms with van der Waals surface area (Å²) in [6.45, 7) is 5.94. The predicted octanol–water partition coefficient (Wildman–Crippen LogP) is 5.91. The molecule has 0 atom stereocenters. The van der Waals surface area contributed by atoms with Crippen LogP contribution in [0.15, 0.2) is 72.8 Å². The van der Waals surface area contributed by atoms with Gasteiger partial charge in [0.1, 0.15) is 18.0 Å². The zero-order valence-corrected chi connectivity index (χ0v) is 18.6. The summed E-state index contributed by atoms with van der Waals surface area (Å²) in [5, 5.41) is 9.44. The molecule has 166 valence electrons. The molecule has 0 aliphatic carbocycles. The van der Waals surface area contributed by atoms with Crippen LogP contribution in [0.3, 0.4) is 0 Å². The molecule has 5 heteroatoms. The number of aromatic carboxylic acids is 1. The Balaban J connectivity index is 1.59. The molecule has 0 amide bonds. The first-order chi connectivity index (χ1) is 15.2. The number of carbonyl (C=O) groups is 2. The van der Waals surface area contributed by atoms with Crippen LogP contribution in [0.4, 0.5) is 0 Å². The number of hydrogen-bond donors (Lipinski definition) is 1. The van der Waals surface area contributed by atoms with E-state index in [4.69, 9.17) is 9.47 Å². The van der Waals surface area contributed by atoms with Gasteiger partial charge in [0.2, 0.25) is 0 Å². The Labute approximate surface area is 188 Å². The van der Waals surface area contributed by atoms with Gasteiger partial charge >= 0.3 is 11.9 Å². The zero-order chi connectivity index (χ0) is 23.1. The normalized spacial score (nSPS) is 11.1. The summed E-state index contributed by atoms with van der Waals surface area (Å²) in [5.41, 5.74) is 3.29. The number of carboxylic acids is 1. The van der Waals surface area contributed by atoms with Crippen LogP contribution in [0.1, 0.15) is 48.7 Å². The average molecular weight is 433 g/mol. The van der Waals surface area contributed by atoms with Crippen LogP contribution in [-0.2, 0) is 22.6 Å². The molecule has 0 unspecified atom stereocenters. The second kappa shape index (κ2) is 10.1. The first-order valence-electron chi connectivity index (χ1n) is 10.6. The molecular formula is C27H28O5. The maximum Gasteiger partial charge on any atom is 0.336 e. The highest BCUT2D eigenvalue weighted by atomic mass is 16.6. The SMILES string of the molecule is CC(C)(C)OC(=O)CCc1ccc(OCc2cccc(-c3ccccc3C(=O)O)c2)cc1. The molecule has 0 spiro atoms. The molecule has 0 aliphatic rings. The zero-order valence-electron chi connectivity index (χ0n) is 18.6. The number of esters is 1. The molecule has 1 N–H and O–H groups in total. The molecule has 3 aromatic carbocycles. The number of carboxylic acid groups (broad SMARTS) is 1. The molecule has 0 saturated carbocycles. The van der Waals surface area contributed by atoms with E-state index in [9.17, 15) is 14.7 Å². The first-order valence-corrected chi connectivity index (χ1v) is 10.6. The minimum Gasteiger partial charge on any atom is -0.489 e. The van der Waals surface area contributed by atoms with Crippen molar-refractivity contribution in [3.63, 3.8) is 0 Å². The van der Waals surface area contributed by atoms with Crippen molar-refractivity contribution < 1.29 is 24.2 Å². The number of aryl methyl sites for hydroxylation is 1. The predicted molar refractivity (Wildman–Crippen MR) is 124 cm³/mol. The van der Waals surface area contributed by atoms with Crippen LogP contribution >= 0.6 is 0 Å². The van der Waals surface area contributed by atoms with E-state index in [1.807, 2.05) is 75.4 Å². The summed E-state index contributed by atoms with van der Waals surface area (Å²) in [4.78, 5) is 23.4. The summed E-state index contributed by atoms with van der Waals surface area (Å²) in [6.07, 6.45) is 0.947. The van der Waals surface area contributed by atoms with Crippen LogP contribution in [0.25, 0.3) is 11.1 Å². The number of hydrogen-bond acceptors (Lipinski definition) is 4. The molecule has 32 heavy (non-hydrogen) atoms. The Morgan fingerprint density at radius 1 is 0.875 bits per heavy atom. The summed E-state index contributed by atoms with van der Waals surface area (Å²) in [5.74, 6) is -0.432. The first kappa shape index (κ1) is 23.1. The topological polar surface area (TPSA) is 72.8 Å². The molecular weight excluding hydrogens is 404 g/mol. The molecule has 0 aliphatic heterocycles. The van der Waals surface area contributed by atoms with Crippen LogP contribution < -0.4 is 4.74 Å². The molecule has 5 nitrogen and oxygen atoms in total. The maximum absolute atomic E-state index is 11.9. The van der Waals surface area contributed by atoms with Crippen LogP contribution in [-0.4, -0.2) is 22.6 Å². The van der Waals surface area contributed by atoms with Gasteiger partial charge in [0.05, 0.1) is 5.56 Å². The summed E-state index contributed by atoms with van der Waals surface area (Å²) in [7, 11) is 0. The van der Waals surface area contributed by atoms with E-state index < -0.39 is 11.6 Å². The third-order valence-electron chi connectivity index (χ3n) is 4.76. The smallest absolute Gasteiger partial charge is 0.336 e. The van der Waals surface area contributed by atoms with Crippen molar-refractivity contribution in [2.24, 2.45) is 0 Å². The van der Waals surface area contributed by atoms with Gasteiger partial charge in [-0.05, 0) is 73.7 Å². The van der Waals surface area contributed by atoms with E-state index in [1.54, 1.807) is 18.2 Å². The number of carbonyl (C=O) groups excluding carboxylic acids is 1. The lowest BCUT2D eigenvalue weighted by molar-refractivity contribution is -0.154. The van der Waals surface area contributed by atoms with E-state index in [1.165, 1.54) is 0 Å². The summed E-state index contributed by atoms with van der Waals surface area (Å²) in [6, 6.07) is 22.3. The molecule has 0 radical (unpaired) electrons. The van der Waals surface area contributed by atoms with E-state index >= 15 is 0 Å². The standard InChI is InChI=1S/C27H28O5/c1-27(2,3)32-25(28)16-13-19-11-14-22(15-12-19)31-18-20-7-6-8-21(17-20)23-9-4-5-10-24(23)26(29)30/h4-12,14-15,17H,13,16,18H2,1-3H3,(H,29,30). The van der Waals surface area contributed by atoms with E-state index in [-0.39, 0.29) is 11.5 Å². The fourth-order valence-electron chi connectivity index (χ4n) is 3.31. The summed E-state index contributed by atoms with van der Waals surface area (Å²) < 4.78 is 11.2. The average Bonchev–Trinajstić information content (AvgIpc) is 2.76. The van der Waals surface area contributed by atoms with Gasteiger partial charge in [0, 0.05) is 6.42 Å². The summed E-state index contributed by atoms with van der Waals surface area (Å²) >= 11 is 0. The van der Waals surface area contributed by atoms with Gasteiger partial charge in [0.15, 0.2) is 0 Å². The number of rotatable bonds is 8. The highest BCUT2D eigenvalue weighted by Crippen LogP contribution is 2.25. The Kier molecular flexibility index (Phi) is 7.31. The van der Waals surface area contributed by atoms with Crippen LogP contribution in [0, 0.1) is 0 Å². The lowest BCUT2D eigenvalue weighted by Crippen LogP contribution is -2.23. The van der Waals surface area contributed by atoms with Crippen molar-refractivity contribution in [2.75, 3.05) is 0 Å². The van der Waals surface area contributed by atoms with Crippen LogP contribution in [0.2, 0.25) is 0 Å². The Morgan fingerprint density at radius 2 is 1.59 bits per heavy atom. The van der Waals surface area contributed by atoms with Gasteiger partial charge in [-0.25, -0.2) is 4.79 Å². The highest BCUT2D eigenvalue weighted by Gasteiger charge is 2.16. The van der Waals surface area contributed by atoms with E-state index in [0.29, 0.717) is 25.0 Å². The molecule has 0 heterocycles. The van der Waals surface area contributed by atoms with E-state index in [2.05, 4.69) is 0 Å². The maximum atomic E-state index is 11.9. The van der Waals surface area contributed by atoms with Crippen molar-refractivity contribution in [1.82, 2.24) is 0 Å². The minimum atomic E-state index is -0.950. The molecule has 0 saturated heterocycles. The monoisotopic (exact) mass is 432 g/mol. The number of benzene rings is 3. The minimum absolute atomic E-state index is 0.206. The van der Waals surface area contributed by atoms with Gasteiger partial charge in [-0.2, -0.15) is 0 Å². The van der Waals surface area contributed by atoms with Crippen molar-refractivity contribution in [2.45, 2.75) is 45.8 Å². The molecule has 0 fully saturated rings. The highest BCUT2D eigenvalue weighted by molar-refractivity contribution is 5.96.